The second-order valence-corrected chi connectivity index (χ2v) is 6.71. The Hall–Kier alpha value is -2.46. The molecule has 8 nitrogen and oxygen atoms in total. The molecule has 3 N–H and O–H groups in total. The topological polar surface area (TPSA) is 139 Å². The molecule has 0 aliphatic carbocycles. The molecule has 0 radical (unpaired) electrons. The van der Waals surface area contributed by atoms with Gasteiger partial charge in [-0.05, 0) is 12.1 Å². The van der Waals surface area contributed by atoms with E-state index in [0.717, 1.165) is 11.1 Å². The van der Waals surface area contributed by atoms with Gasteiger partial charge in [0.1, 0.15) is 17.0 Å². The molecule has 3 rings (SSSR count). The van der Waals surface area contributed by atoms with Crippen molar-refractivity contribution < 1.29 is 38.9 Å². The number of rotatable bonds is 8. The summed E-state index contributed by atoms with van der Waals surface area (Å²) in [5.41, 5.74) is 9.99. The molecule has 0 heterocycles. The van der Waals surface area contributed by atoms with E-state index in [1.807, 2.05) is 60.7 Å². The molecule has 0 bridgehead atoms. The molecule has 3 atom stereocenters. The van der Waals surface area contributed by atoms with Crippen molar-refractivity contribution in [3.8, 4) is 5.75 Å². The molecule has 0 spiro atoms. The van der Waals surface area contributed by atoms with Crippen LogP contribution in [0.15, 0.2) is 84.9 Å². The van der Waals surface area contributed by atoms with Gasteiger partial charge >= 0.3 is 20.1 Å². The standard InChI is InChI=1S/C20H17N3O4S.CH3.Ir.H2O/c21-19(15-7-3-1-4-8-15)20(16-9-5-2-6-10-16)22-28(26)27-18-13-11-17(12-14-18)23(24)25;;;/h1-14,19-21H;1H3;;1H2/q-2;-1;+3;/t19-,20-,28?;;;/m0.../s1. The smallest absolute Gasteiger partial charge is 0.672 e. The van der Waals surface area contributed by atoms with Crippen LogP contribution in [-0.2, 0) is 31.4 Å². The molecule has 31 heavy (non-hydrogen) atoms. The van der Waals surface area contributed by atoms with Gasteiger partial charge in [-0.1, -0.05) is 71.8 Å². The fraction of sp³-hybridized carbons (Fsp3) is 0.0952. The Balaban J connectivity index is 0.00000300. The zero-order valence-corrected chi connectivity index (χ0v) is 19.7. The molecule has 0 fully saturated rings. The number of nitro benzene ring substituents is 1. The summed E-state index contributed by atoms with van der Waals surface area (Å²) in [5, 5.41) is 10.7. The summed E-state index contributed by atoms with van der Waals surface area (Å²) in [6, 6.07) is 22.1. The minimum Gasteiger partial charge on any atom is -0.672 e. The van der Waals surface area contributed by atoms with Crippen LogP contribution in [0.25, 0.3) is 10.5 Å². The van der Waals surface area contributed by atoms with Crippen LogP contribution in [0.2, 0.25) is 0 Å². The first-order valence-corrected chi connectivity index (χ1v) is 9.44. The maximum Gasteiger partial charge on any atom is 3.00 e. The molecule has 0 aromatic heterocycles. The molecule has 3 aromatic rings. The molecule has 0 aliphatic heterocycles. The van der Waals surface area contributed by atoms with Gasteiger partial charge in [0.15, 0.2) is 0 Å². The fourth-order valence-corrected chi connectivity index (χ4v) is 3.37. The van der Waals surface area contributed by atoms with Crippen LogP contribution < -0.4 is 4.18 Å². The number of nitrogens with zero attached hydrogens (tertiary/aromatic N) is 2. The largest absolute Gasteiger partial charge is 3.00 e. The molecule has 0 aliphatic rings. The maximum atomic E-state index is 12.5. The first-order valence-electron chi connectivity index (χ1n) is 8.41. The molecule has 0 amide bonds. The molecule has 3 aromatic carbocycles. The van der Waals surface area contributed by atoms with Crippen LogP contribution in [0, 0.1) is 17.5 Å². The first kappa shape index (κ1) is 28.5. The Kier molecular flexibility index (Phi) is 12.7. The van der Waals surface area contributed by atoms with Crippen molar-refractivity contribution in [3.05, 3.63) is 124 Å². The summed E-state index contributed by atoms with van der Waals surface area (Å²) in [5.74, 6) is 0.195. The molecule has 0 saturated heterocycles. The molecule has 10 heteroatoms. The number of nitrogens with one attached hydrogen (secondary N) is 1. The zero-order chi connectivity index (χ0) is 19.9. The third kappa shape index (κ3) is 7.95. The fourth-order valence-electron chi connectivity index (χ4n) is 2.63. The van der Waals surface area contributed by atoms with Gasteiger partial charge in [-0.25, -0.2) is 4.21 Å². The number of benzene rings is 3. The Bertz CT molecular complexity index is 946. The van der Waals surface area contributed by atoms with E-state index in [4.69, 9.17) is 9.92 Å². The molecule has 166 valence electrons. The van der Waals surface area contributed by atoms with Gasteiger partial charge in [-0.3, -0.25) is 10.1 Å². The van der Waals surface area contributed by atoms with Gasteiger partial charge in [0.25, 0.3) is 5.69 Å². The summed E-state index contributed by atoms with van der Waals surface area (Å²) in [7, 11) is 0. The Morgan fingerprint density at radius 1 is 0.903 bits per heavy atom. The third-order valence-electron chi connectivity index (χ3n) is 4.03. The summed E-state index contributed by atoms with van der Waals surface area (Å²) < 4.78 is 21.9. The quantitative estimate of drug-likeness (QED) is 0.197. The van der Waals surface area contributed by atoms with Gasteiger partial charge in [-0.2, -0.15) is 0 Å². The zero-order valence-electron chi connectivity index (χ0n) is 16.5. The predicted molar refractivity (Wildman–Crippen MR) is 118 cm³/mol. The number of hydrogen-bond acceptors (Lipinski definition) is 4. The average molecular weight is 621 g/mol. The maximum absolute atomic E-state index is 12.5. The number of non-ortho nitro benzene ring substituents is 1. The van der Waals surface area contributed by atoms with E-state index in [0.29, 0.717) is 0 Å². The van der Waals surface area contributed by atoms with Crippen molar-refractivity contribution in [2.75, 3.05) is 0 Å². The van der Waals surface area contributed by atoms with Gasteiger partial charge in [0.05, 0.1) is 4.92 Å². The first-order chi connectivity index (χ1) is 13.5. The van der Waals surface area contributed by atoms with E-state index in [2.05, 4.69) is 4.72 Å². The van der Waals surface area contributed by atoms with Crippen molar-refractivity contribution in [2.45, 2.75) is 12.1 Å². The second-order valence-electron chi connectivity index (χ2n) is 5.90. The average Bonchev–Trinajstić information content (AvgIpc) is 2.73. The van der Waals surface area contributed by atoms with Crippen LogP contribution in [0.5, 0.6) is 5.75 Å². The van der Waals surface area contributed by atoms with E-state index in [1.165, 1.54) is 24.3 Å². The van der Waals surface area contributed by atoms with Crippen LogP contribution in [-0.4, -0.2) is 14.6 Å². The van der Waals surface area contributed by atoms with Crippen molar-refractivity contribution in [1.82, 2.24) is 0 Å². The predicted octanol–water partition coefficient (Wildman–Crippen LogP) is 5.08. The summed E-state index contributed by atoms with van der Waals surface area (Å²) >= 11 is -2.08. The molecule has 1 unspecified atom stereocenters. The Labute approximate surface area is 197 Å². The monoisotopic (exact) mass is 621 g/mol. The van der Waals surface area contributed by atoms with E-state index in [9.17, 15) is 14.3 Å². The minimum absolute atomic E-state index is 0. The second kappa shape index (κ2) is 13.8. The SMILES string of the molecule is O.[CH3-].[Ir+3].[NH-][C@@H](c1ccccc1)[C@@H]([N-]S(=O)Oc1ccc([N+](=O)[O-])cc1)c1ccccc1. The van der Waals surface area contributed by atoms with Gasteiger partial charge in [-0.15, -0.1) is 12.1 Å². The van der Waals surface area contributed by atoms with Gasteiger partial charge in [0, 0.05) is 12.1 Å². The van der Waals surface area contributed by atoms with Crippen molar-refractivity contribution >= 4 is 17.0 Å². The number of hydrogen-bond donors (Lipinski definition) is 0. The van der Waals surface area contributed by atoms with E-state index >= 15 is 0 Å². The van der Waals surface area contributed by atoms with Crippen molar-refractivity contribution in [3.63, 3.8) is 0 Å². The summed E-state index contributed by atoms with van der Waals surface area (Å²) in [6.45, 7) is 0. The van der Waals surface area contributed by atoms with Crippen LogP contribution in [0.1, 0.15) is 23.2 Å². The molecular formula is C21H22IrN3O5S. The third-order valence-corrected chi connectivity index (χ3v) is 4.76. The summed E-state index contributed by atoms with van der Waals surface area (Å²) in [6.07, 6.45) is 0. The van der Waals surface area contributed by atoms with Crippen LogP contribution in [0.3, 0.4) is 0 Å². The molecular weight excluding hydrogens is 599 g/mol. The number of nitro groups is 1. The van der Waals surface area contributed by atoms with E-state index in [1.54, 1.807) is 0 Å². The summed E-state index contributed by atoms with van der Waals surface area (Å²) in [4.78, 5) is 10.2. The Morgan fingerprint density at radius 2 is 1.39 bits per heavy atom. The van der Waals surface area contributed by atoms with Crippen LogP contribution >= 0.6 is 0 Å². The van der Waals surface area contributed by atoms with Crippen molar-refractivity contribution in [1.29, 1.82) is 0 Å². The van der Waals surface area contributed by atoms with E-state index < -0.39 is 28.3 Å². The van der Waals surface area contributed by atoms with Gasteiger partial charge < -0.3 is 27.5 Å². The van der Waals surface area contributed by atoms with E-state index in [-0.39, 0.29) is 44.4 Å². The van der Waals surface area contributed by atoms with Crippen LogP contribution in [0.4, 0.5) is 5.69 Å². The molecule has 0 saturated carbocycles. The van der Waals surface area contributed by atoms with Crippen molar-refractivity contribution in [2.24, 2.45) is 0 Å². The normalized spacial score (nSPS) is 12.7. The van der Waals surface area contributed by atoms with Gasteiger partial charge in [0.2, 0.25) is 0 Å². The minimum atomic E-state index is -2.08. The Morgan fingerprint density at radius 3 is 1.87 bits per heavy atom.